The van der Waals surface area contributed by atoms with E-state index in [-0.39, 0.29) is 18.8 Å². The molecule has 0 fully saturated rings. The fourth-order valence-electron chi connectivity index (χ4n) is 3.89. The molecule has 4 atom stereocenters. The third kappa shape index (κ3) is 7.17. The van der Waals surface area contributed by atoms with Gasteiger partial charge in [0.05, 0.1) is 12.4 Å². The Hall–Kier alpha value is -4.19. The molecule has 2 aromatic heterocycles. The van der Waals surface area contributed by atoms with E-state index in [9.17, 15) is 19.2 Å². The van der Waals surface area contributed by atoms with Crippen molar-refractivity contribution in [2.24, 2.45) is 11.7 Å². The molecule has 0 aliphatic carbocycles. The molecule has 0 saturated heterocycles. The molecule has 0 aliphatic rings. The molecule has 0 spiro atoms. The molecule has 3 amide bonds. The average molecular weight is 512 g/mol. The molecule has 0 aliphatic heterocycles. The average Bonchev–Trinajstić information content (AvgIpc) is 3.51. The molecule has 0 radical (unpaired) electrons. The molecule has 12 heteroatoms. The van der Waals surface area contributed by atoms with E-state index in [1.807, 2.05) is 24.3 Å². The van der Waals surface area contributed by atoms with E-state index >= 15 is 0 Å². The highest BCUT2D eigenvalue weighted by Crippen LogP contribution is 2.19. The van der Waals surface area contributed by atoms with Crippen LogP contribution in [0.5, 0.6) is 0 Å². The lowest BCUT2D eigenvalue weighted by molar-refractivity contribution is -0.142. The number of rotatable bonds is 12. The zero-order valence-electron chi connectivity index (χ0n) is 20.9. The molecule has 3 rings (SSSR count). The van der Waals surface area contributed by atoms with Gasteiger partial charge in [-0.25, -0.2) is 4.98 Å². The van der Waals surface area contributed by atoms with E-state index < -0.39 is 47.9 Å². The Bertz CT molecular complexity index is 1240. The number of para-hydroxylation sites is 1. The van der Waals surface area contributed by atoms with Crippen molar-refractivity contribution in [2.75, 3.05) is 0 Å². The summed E-state index contributed by atoms with van der Waals surface area (Å²) in [5.41, 5.74) is 8.43. The molecule has 8 N–H and O–H groups in total. The van der Waals surface area contributed by atoms with Gasteiger partial charge in [0.2, 0.25) is 17.7 Å². The number of amides is 3. The normalized spacial score (nSPS) is 14.5. The monoisotopic (exact) mass is 511 g/mol. The van der Waals surface area contributed by atoms with Crippen LogP contribution in [-0.4, -0.2) is 67.9 Å². The largest absolute Gasteiger partial charge is 0.480 e. The van der Waals surface area contributed by atoms with Crippen LogP contribution < -0.4 is 21.7 Å². The molecule has 3 aromatic rings. The van der Waals surface area contributed by atoms with E-state index in [2.05, 4.69) is 30.9 Å². The molecule has 37 heavy (non-hydrogen) atoms. The smallest absolute Gasteiger partial charge is 0.325 e. The zero-order chi connectivity index (χ0) is 27.1. The van der Waals surface area contributed by atoms with Gasteiger partial charge in [0, 0.05) is 41.8 Å². The quantitative estimate of drug-likeness (QED) is 0.180. The van der Waals surface area contributed by atoms with Crippen molar-refractivity contribution in [1.29, 1.82) is 0 Å². The maximum Gasteiger partial charge on any atom is 0.325 e. The van der Waals surface area contributed by atoms with Crippen LogP contribution in [0.1, 0.15) is 32.0 Å². The fraction of sp³-hybridized carbons (Fsp3) is 0.400. The number of imidazole rings is 1. The second-order valence-corrected chi connectivity index (χ2v) is 9.31. The van der Waals surface area contributed by atoms with Crippen molar-refractivity contribution in [3.63, 3.8) is 0 Å². The summed E-state index contributed by atoms with van der Waals surface area (Å²) in [5.74, 6) is -3.31. The van der Waals surface area contributed by atoms with Crippen LogP contribution in [0.25, 0.3) is 10.9 Å². The summed E-state index contributed by atoms with van der Waals surface area (Å²) in [5, 5.41) is 17.8. The van der Waals surface area contributed by atoms with Gasteiger partial charge in [-0.2, -0.15) is 0 Å². The van der Waals surface area contributed by atoms with Crippen LogP contribution in [0.4, 0.5) is 0 Å². The van der Waals surface area contributed by atoms with Crippen molar-refractivity contribution in [1.82, 2.24) is 30.9 Å². The van der Waals surface area contributed by atoms with Gasteiger partial charge in [-0.15, -0.1) is 0 Å². The van der Waals surface area contributed by atoms with Crippen LogP contribution >= 0.6 is 0 Å². The summed E-state index contributed by atoms with van der Waals surface area (Å²) in [6.07, 6.45) is 5.14. The van der Waals surface area contributed by atoms with E-state index in [4.69, 9.17) is 10.8 Å². The fourth-order valence-corrected chi connectivity index (χ4v) is 3.89. The first-order valence-electron chi connectivity index (χ1n) is 12.0. The minimum atomic E-state index is -1.20. The molecule has 0 saturated carbocycles. The highest BCUT2D eigenvalue weighted by molar-refractivity contribution is 5.95. The van der Waals surface area contributed by atoms with Gasteiger partial charge < -0.3 is 36.8 Å². The Balaban J connectivity index is 1.81. The first kappa shape index (κ1) is 27.4. The summed E-state index contributed by atoms with van der Waals surface area (Å²) < 4.78 is 0. The summed E-state index contributed by atoms with van der Waals surface area (Å²) in [7, 11) is 0. The van der Waals surface area contributed by atoms with Gasteiger partial charge in [-0.05, 0) is 24.5 Å². The molecule has 4 unspecified atom stereocenters. The zero-order valence-corrected chi connectivity index (χ0v) is 20.9. The predicted octanol–water partition coefficient (Wildman–Crippen LogP) is 0.218. The minimum absolute atomic E-state index is 0.135. The van der Waals surface area contributed by atoms with Gasteiger partial charge in [0.25, 0.3) is 0 Å². The van der Waals surface area contributed by atoms with Crippen molar-refractivity contribution in [2.45, 2.75) is 57.8 Å². The third-order valence-corrected chi connectivity index (χ3v) is 6.04. The van der Waals surface area contributed by atoms with E-state index in [1.165, 1.54) is 13.3 Å². The van der Waals surface area contributed by atoms with Crippen molar-refractivity contribution in [3.05, 3.63) is 54.2 Å². The first-order valence-corrected chi connectivity index (χ1v) is 12.0. The summed E-state index contributed by atoms with van der Waals surface area (Å²) in [6, 6.07) is 3.41. The van der Waals surface area contributed by atoms with Crippen molar-refractivity contribution in [3.8, 4) is 0 Å². The number of carbonyl (C=O) groups is 4. The van der Waals surface area contributed by atoms with Gasteiger partial charge in [0.15, 0.2) is 0 Å². The minimum Gasteiger partial charge on any atom is -0.480 e. The maximum atomic E-state index is 13.4. The Morgan fingerprint density at radius 2 is 1.70 bits per heavy atom. The third-order valence-electron chi connectivity index (χ3n) is 6.04. The lowest BCUT2D eigenvalue weighted by atomic mass is 10.00. The number of carboxylic acids is 1. The summed E-state index contributed by atoms with van der Waals surface area (Å²) in [4.78, 5) is 60.2. The Morgan fingerprint density at radius 1 is 0.973 bits per heavy atom. The number of aromatic nitrogens is 3. The topological polar surface area (TPSA) is 195 Å². The number of aliphatic carboxylic acids is 1. The Morgan fingerprint density at radius 3 is 2.35 bits per heavy atom. The van der Waals surface area contributed by atoms with Crippen LogP contribution in [0, 0.1) is 5.92 Å². The summed E-state index contributed by atoms with van der Waals surface area (Å²) in [6.45, 7) is 4.79. The Labute approximate surface area is 213 Å². The number of nitrogens with zero attached hydrogens (tertiary/aromatic N) is 1. The van der Waals surface area contributed by atoms with Crippen LogP contribution in [0.2, 0.25) is 0 Å². The standard InChI is InChI=1S/C25H33N7O5/c1-13(2)21(24(35)30-14(3)25(36)37)32-23(34)20(8-15-10-28-19-7-5-4-6-17(15)19)31-22(33)18(26)9-16-11-27-12-29-16/h4-7,10-14,18,20-21,28H,8-9,26H2,1-3H3,(H,27,29)(H,30,35)(H,31,33)(H,32,34)(H,36,37). The first-order chi connectivity index (χ1) is 17.6. The number of aromatic amines is 2. The van der Waals surface area contributed by atoms with Gasteiger partial charge in [0.1, 0.15) is 18.1 Å². The van der Waals surface area contributed by atoms with Crippen LogP contribution in [-0.2, 0) is 32.0 Å². The number of nitrogens with two attached hydrogens (primary N) is 1. The highest BCUT2D eigenvalue weighted by Gasteiger charge is 2.31. The number of carbonyl (C=O) groups excluding carboxylic acids is 3. The molecular formula is C25H33N7O5. The van der Waals surface area contributed by atoms with E-state index in [1.54, 1.807) is 26.2 Å². The Kier molecular flexibility index (Phi) is 9.01. The predicted molar refractivity (Wildman–Crippen MR) is 136 cm³/mol. The number of fused-ring (bicyclic) bond motifs is 1. The van der Waals surface area contributed by atoms with Gasteiger partial charge >= 0.3 is 5.97 Å². The lowest BCUT2D eigenvalue weighted by Crippen LogP contribution is -2.58. The number of nitrogens with one attached hydrogen (secondary N) is 5. The molecule has 1 aromatic carbocycles. The number of hydrogen-bond acceptors (Lipinski definition) is 6. The molecular weight excluding hydrogens is 478 g/mol. The van der Waals surface area contributed by atoms with E-state index in [0.29, 0.717) is 5.69 Å². The molecule has 2 heterocycles. The van der Waals surface area contributed by atoms with Crippen LogP contribution in [0.15, 0.2) is 43.0 Å². The second-order valence-electron chi connectivity index (χ2n) is 9.31. The SMILES string of the molecule is CC(NC(=O)C(NC(=O)C(Cc1c[nH]c2ccccc12)NC(=O)C(N)Cc1cnc[nH]1)C(C)C)C(=O)O. The second kappa shape index (κ2) is 12.2. The van der Waals surface area contributed by atoms with E-state index in [0.717, 1.165) is 16.5 Å². The van der Waals surface area contributed by atoms with Crippen molar-refractivity contribution >= 4 is 34.6 Å². The highest BCUT2D eigenvalue weighted by atomic mass is 16.4. The number of carboxylic acid groups (broad SMARTS) is 1. The maximum absolute atomic E-state index is 13.4. The number of H-pyrrole nitrogens is 2. The molecule has 12 nitrogen and oxygen atoms in total. The molecule has 198 valence electrons. The van der Waals surface area contributed by atoms with Crippen molar-refractivity contribution < 1.29 is 24.3 Å². The lowest BCUT2D eigenvalue weighted by Gasteiger charge is -2.26. The number of hydrogen-bond donors (Lipinski definition) is 7. The molecule has 0 bridgehead atoms. The van der Waals surface area contributed by atoms with Crippen LogP contribution in [0.3, 0.4) is 0 Å². The number of benzene rings is 1. The van der Waals surface area contributed by atoms with Gasteiger partial charge in [-0.1, -0.05) is 32.0 Å². The summed E-state index contributed by atoms with van der Waals surface area (Å²) >= 11 is 0. The van der Waals surface area contributed by atoms with Gasteiger partial charge in [-0.3, -0.25) is 19.2 Å².